The highest BCUT2D eigenvalue weighted by Crippen LogP contribution is 2.27. The lowest BCUT2D eigenvalue weighted by molar-refractivity contribution is -0.123. The number of rotatable bonds is 5. The maximum Gasteiger partial charge on any atom is 0.342 e. The van der Waals surface area contributed by atoms with Crippen molar-refractivity contribution in [2.75, 3.05) is 12.4 Å². The van der Waals surface area contributed by atoms with E-state index < -0.39 is 23.8 Å². The van der Waals surface area contributed by atoms with Crippen LogP contribution in [0.15, 0.2) is 54.6 Å². The Labute approximate surface area is 166 Å². The summed E-state index contributed by atoms with van der Waals surface area (Å²) in [7, 11) is 1.45. The van der Waals surface area contributed by atoms with Gasteiger partial charge in [-0.1, -0.05) is 35.9 Å². The molecule has 0 saturated carbocycles. The van der Waals surface area contributed by atoms with E-state index in [-0.39, 0.29) is 16.3 Å². The second-order valence-corrected chi connectivity index (χ2v) is 6.47. The topological polar surface area (TPSA) is 64.6 Å². The number of anilines is 1. The molecule has 0 aliphatic carbocycles. The van der Waals surface area contributed by atoms with Gasteiger partial charge in [0.05, 0.1) is 17.8 Å². The predicted octanol–water partition coefficient (Wildman–Crippen LogP) is 4.82. The van der Waals surface area contributed by atoms with Gasteiger partial charge in [0.25, 0.3) is 5.91 Å². The number of carbonyl (C=O) groups is 2. The molecule has 5 nitrogen and oxygen atoms in total. The zero-order chi connectivity index (χ0) is 20.3. The molecule has 0 aliphatic rings. The predicted molar refractivity (Wildman–Crippen MR) is 105 cm³/mol. The smallest absolute Gasteiger partial charge is 0.342 e. The summed E-state index contributed by atoms with van der Waals surface area (Å²) in [6.07, 6.45) is -1.11. The van der Waals surface area contributed by atoms with Crippen LogP contribution in [-0.2, 0) is 9.53 Å². The zero-order valence-electron chi connectivity index (χ0n) is 15.2. The van der Waals surface area contributed by atoms with Crippen molar-refractivity contribution >= 4 is 39.9 Å². The second kappa shape index (κ2) is 8.27. The van der Waals surface area contributed by atoms with E-state index in [4.69, 9.17) is 21.1 Å². The molecule has 0 saturated heterocycles. The van der Waals surface area contributed by atoms with Crippen molar-refractivity contribution in [1.82, 2.24) is 0 Å². The second-order valence-electron chi connectivity index (χ2n) is 6.06. The SMILES string of the molecule is COc1cc2ccccc2cc1C(=O)OC(C)C(=O)Nc1ccc(F)cc1Cl. The van der Waals surface area contributed by atoms with Crippen LogP contribution in [-0.4, -0.2) is 25.1 Å². The molecule has 0 heterocycles. The molecule has 28 heavy (non-hydrogen) atoms. The fraction of sp³-hybridized carbons (Fsp3) is 0.143. The van der Waals surface area contributed by atoms with E-state index in [1.165, 1.54) is 20.1 Å². The molecule has 3 aromatic carbocycles. The number of benzene rings is 3. The Kier molecular flexibility index (Phi) is 5.80. The molecule has 0 fully saturated rings. The van der Waals surface area contributed by atoms with Crippen LogP contribution in [0.3, 0.4) is 0 Å². The highest BCUT2D eigenvalue weighted by Gasteiger charge is 2.22. The van der Waals surface area contributed by atoms with Crippen molar-refractivity contribution in [3.8, 4) is 5.75 Å². The first kappa shape index (κ1) is 19.6. The molecule has 1 amide bonds. The summed E-state index contributed by atoms with van der Waals surface area (Å²) in [4.78, 5) is 24.9. The van der Waals surface area contributed by atoms with Crippen LogP contribution in [0, 0.1) is 5.82 Å². The summed E-state index contributed by atoms with van der Waals surface area (Å²) in [6, 6.07) is 14.4. The third kappa shape index (κ3) is 4.23. The van der Waals surface area contributed by atoms with Crippen LogP contribution in [0.2, 0.25) is 5.02 Å². The molecule has 0 aromatic heterocycles. The van der Waals surface area contributed by atoms with Gasteiger partial charge in [-0.3, -0.25) is 4.79 Å². The van der Waals surface area contributed by atoms with Crippen LogP contribution < -0.4 is 10.1 Å². The Hall–Kier alpha value is -3.12. The van der Waals surface area contributed by atoms with E-state index in [9.17, 15) is 14.0 Å². The average molecular weight is 402 g/mol. The van der Waals surface area contributed by atoms with Gasteiger partial charge in [-0.2, -0.15) is 0 Å². The number of ether oxygens (including phenoxy) is 2. The number of hydrogen-bond donors (Lipinski definition) is 1. The van der Waals surface area contributed by atoms with Gasteiger partial charge in [0.2, 0.25) is 0 Å². The minimum Gasteiger partial charge on any atom is -0.496 e. The van der Waals surface area contributed by atoms with E-state index in [1.54, 1.807) is 12.1 Å². The van der Waals surface area contributed by atoms with E-state index in [0.717, 1.165) is 22.9 Å². The molecule has 7 heteroatoms. The molecule has 144 valence electrons. The number of nitrogens with one attached hydrogen (secondary N) is 1. The van der Waals surface area contributed by atoms with Crippen LogP contribution in [0.4, 0.5) is 10.1 Å². The molecule has 0 aliphatic heterocycles. The number of methoxy groups -OCH3 is 1. The number of carbonyl (C=O) groups excluding carboxylic acids is 2. The summed E-state index contributed by atoms with van der Waals surface area (Å²) >= 11 is 5.90. The van der Waals surface area contributed by atoms with Gasteiger partial charge >= 0.3 is 5.97 Å². The quantitative estimate of drug-likeness (QED) is 0.622. The van der Waals surface area contributed by atoms with Gasteiger partial charge in [0.15, 0.2) is 6.10 Å². The lowest BCUT2D eigenvalue weighted by Crippen LogP contribution is -2.30. The maximum atomic E-state index is 13.1. The van der Waals surface area contributed by atoms with Gasteiger partial charge in [0, 0.05) is 0 Å². The molecule has 1 N–H and O–H groups in total. The Bertz CT molecular complexity index is 1050. The molecule has 0 bridgehead atoms. The third-order valence-corrected chi connectivity index (χ3v) is 4.44. The molecule has 3 aromatic rings. The Balaban J connectivity index is 1.76. The molecule has 1 unspecified atom stereocenters. The van der Waals surface area contributed by atoms with E-state index in [0.29, 0.717) is 5.75 Å². The maximum absolute atomic E-state index is 13.1. The van der Waals surface area contributed by atoms with Crippen molar-refractivity contribution in [3.05, 3.63) is 71.0 Å². The normalized spacial score (nSPS) is 11.7. The lowest BCUT2D eigenvalue weighted by atomic mass is 10.1. The van der Waals surface area contributed by atoms with Gasteiger partial charge in [0.1, 0.15) is 17.1 Å². The molecule has 3 rings (SSSR count). The molecule has 1 atom stereocenters. The highest BCUT2D eigenvalue weighted by molar-refractivity contribution is 6.33. The number of fused-ring (bicyclic) bond motifs is 1. The number of hydrogen-bond acceptors (Lipinski definition) is 4. The van der Waals surface area contributed by atoms with Gasteiger partial charge in [-0.15, -0.1) is 0 Å². The lowest BCUT2D eigenvalue weighted by Gasteiger charge is -2.16. The molecular formula is C21H17ClFNO4. The summed E-state index contributed by atoms with van der Waals surface area (Å²) < 4.78 is 23.7. The Morgan fingerprint density at radius 1 is 1.07 bits per heavy atom. The summed E-state index contributed by atoms with van der Waals surface area (Å²) in [5, 5.41) is 4.30. The highest BCUT2D eigenvalue weighted by atomic mass is 35.5. The van der Waals surface area contributed by atoms with Gasteiger partial charge in [-0.05, 0) is 48.0 Å². The van der Waals surface area contributed by atoms with Gasteiger partial charge < -0.3 is 14.8 Å². The Morgan fingerprint density at radius 3 is 2.39 bits per heavy atom. The van der Waals surface area contributed by atoms with Crippen molar-refractivity contribution in [3.63, 3.8) is 0 Å². The summed E-state index contributed by atoms with van der Waals surface area (Å²) in [5.74, 6) is -1.47. The van der Waals surface area contributed by atoms with Crippen molar-refractivity contribution in [2.24, 2.45) is 0 Å². The fourth-order valence-electron chi connectivity index (χ4n) is 2.65. The molecule has 0 spiro atoms. The van der Waals surface area contributed by atoms with Crippen LogP contribution in [0.1, 0.15) is 17.3 Å². The third-order valence-electron chi connectivity index (χ3n) is 4.13. The summed E-state index contributed by atoms with van der Waals surface area (Å²) in [6.45, 7) is 1.43. The average Bonchev–Trinajstić information content (AvgIpc) is 2.68. The standard InChI is InChI=1S/C21H17ClFNO4/c1-12(20(25)24-18-8-7-15(23)11-17(18)22)28-21(26)16-9-13-5-3-4-6-14(13)10-19(16)27-2/h3-12H,1-2H3,(H,24,25). The fourth-order valence-corrected chi connectivity index (χ4v) is 2.87. The largest absolute Gasteiger partial charge is 0.496 e. The monoisotopic (exact) mass is 401 g/mol. The molecular weight excluding hydrogens is 385 g/mol. The van der Waals surface area contributed by atoms with Crippen LogP contribution >= 0.6 is 11.6 Å². The van der Waals surface area contributed by atoms with Gasteiger partial charge in [-0.25, -0.2) is 9.18 Å². The van der Waals surface area contributed by atoms with Crippen molar-refractivity contribution in [1.29, 1.82) is 0 Å². The number of esters is 1. The first-order valence-corrected chi connectivity index (χ1v) is 8.80. The first-order chi connectivity index (χ1) is 13.4. The van der Waals surface area contributed by atoms with Crippen molar-refractivity contribution < 1.29 is 23.5 Å². The van der Waals surface area contributed by atoms with E-state index >= 15 is 0 Å². The minimum absolute atomic E-state index is 0.0445. The van der Waals surface area contributed by atoms with Crippen LogP contribution in [0.5, 0.6) is 5.75 Å². The zero-order valence-corrected chi connectivity index (χ0v) is 15.9. The minimum atomic E-state index is -1.11. The molecule has 0 radical (unpaired) electrons. The Morgan fingerprint density at radius 2 is 1.75 bits per heavy atom. The number of halogens is 2. The first-order valence-electron chi connectivity index (χ1n) is 8.42. The number of amides is 1. The van der Waals surface area contributed by atoms with E-state index in [1.807, 2.05) is 24.3 Å². The van der Waals surface area contributed by atoms with Crippen LogP contribution in [0.25, 0.3) is 10.8 Å². The van der Waals surface area contributed by atoms with Crippen molar-refractivity contribution in [2.45, 2.75) is 13.0 Å². The summed E-state index contributed by atoms with van der Waals surface area (Å²) in [5.41, 5.74) is 0.430. The van der Waals surface area contributed by atoms with E-state index in [2.05, 4.69) is 5.32 Å².